The molecule has 1 aliphatic heterocycles. The summed E-state index contributed by atoms with van der Waals surface area (Å²) in [5.74, 6) is 0.204. The molecule has 1 aliphatic carbocycles. The summed E-state index contributed by atoms with van der Waals surface area (Å²) in [5, 5.41) is 6.14. The van der Waals surface area contributed by atoms with Gasteiger partial charge in [-0.05, 0) is 60.9 Å². The Bertz CT molecular complexity index is 1140. The second-order valence-corrected chi connectivity index (χ2v) is 9.27. The Morgan fingerprint density at radius 2 is 1.59 bits per heavy atom. The van der Waals surface area contributed by atoms with Crippen molar-refractivity contribution in [2.45, 2.75) is 31.6 Å². The van der Waals surface area contributed by atoms with E-state index >= 15 is 0 Å². The fourth-order valence-corrected chi connectivity index (χ4v) is 4.88. The van der Waals surface area contributed by atoms with Crippen LogP contribution in [0.3, 0.4) is 0 Å². The molecule has 174 valence electrons. The molecule has 5 heteroatoms. The molecule has 3 aromatic rings. The molecule has 1 saturated carbocycles. The van der Waals surface area contributed by atoms with Crippen LogP contribution in [0.4, 0.5) is 11.4 Å². The monoisotopic (exact) mass is 453 g/mol. The summed E-state index contributed by atoms with van der Waals surface area (Å²) in [5.41, 5.74) is 4.66. The Labute approximate surface area is 201 Å². The maximum absolute atomic E-state index is 13.2. The van der Waals surface area contributed by atoms with Crippen LogP contribution in [0.5, 0.6) is 0 Å². The highest BCUT2D eigenvalue weighted by atomic mass is 16.2. The van der Waals surface area contributed by atoms with E-state index in [9.17, 15) is 9.59 Å². The molecule has 2 amide bonds. The third-order valence-corrected chi connectivity index (χ3v) is 6.85. The van der Waals surface area contributed by atoms with E-state index in [1.54, 1.807) is 0 Å². The van der Waals surface area contributed by atoms with Crippen molar-refractivity contribution in [3.63, 3.8) is 0 Å². The third kappa shape index (κ3) is 5.14. The number of nitrogens with zero attached hydrogens (tertiary/aromatic N) is 1. The molecule has 1 saturated heterocycles. The Morgan fingerprint density at radius 1 is 0.882 bits per heavy atom. The SMILES string of the molecule is O=C(NCCc1ccccc1)c1cc(NC(=O)C2CC2c2ccccc2)ccc1N1CCCC1. The van der Waals surface area contributed by atoms with Gasteiger partial charge in [0.05, 0.1) is 5.56 Å². The van der Waals surface area contributed by atoms with Crippen LogP contribution in [0, 0.1) is 5.92 Å². The van der Waals surface area contributed by atoms with Crippen LogP contribution in [0.2, 0.25) is 0 Å². The number of amides is 2. The van der Waals surface area contributed by atoms with E-state index < -0.39 is 0 Å². The summed E-state index contributed by atoms with van der Waals surface area (Å²) in [4.78, 5) is 28.3. The molecule has 5 rings (SSSR count). The van der Waals surface area contributed by atoms with Crippen molar-refractivity contribution < 1.29 is 9.59 Å². The Hall–Kier alpha value is -3.60. The largest absolute Gasteiger partial charge is 0.371 e. The van der Waals surface area contributed by atoms with Crippen LogP contribution < -0.4 is 15.5 Å². The zero-order chi connectivity index (χ0) is 23.3. The molecule has 2 unspecified atom stereocenters. The van der Waals surface area contributed by atoms with E-state index in [0.717, 1.165) is 44.5 Å². The van der Waals surface area contributed by atoms with Crippen LogP contribution >= 0.6 is 0 Å². The van der Waals surface area contributed by atoms with Gasteiger partial charge in [-0.15, -0.1) is 0 Å². The first kappa shape index (κ1) is 22.2. The maximum atomic E-state index is 13.2. The third-order valence-electron chi connectivity index (χ3n) is 6.85. The molecule has 5 nitrogen and oxygen atoms in total. The van der Waals surface area contributed by atoms with Gasteiger partial charge >= 0.3 is 0 Å². The number of carbonyl (C=O) groups is 2. The Morgan fingerprint density at radius 3 is 2.32 bits per heavy atom. The highest BCUT2D eigenvalue weighted by Crippen LogP contribution is 2.48. The number of nitrogens with one attached hydrogen (secondary N) is 2. The van der Waals surface area contributed by atoms with E-state index in [0.29, 0.717) is 17.8 Å². The summed E-state index contributed by atoms with van der Waals surface area (Å²) >= 11 is 0. The van der Waals surface area contributed by atoms with Gasteiger partial charge in [0.25, 0.3) is 5.91 Å². The second-order valence-electron chi connectivity index (χ2n) is 9.27. The van der Waals surface area contributed by atoms with E-state index in [2.05, 4.69) is 39.8 Å². The number of carbonyl (C=O) groups excluding carboxylic acids is 2. The van der Waals surface area contributed by atoms with E-state index in [-0.39, 0.29) is 23.7 Å². The van der Waals surface area contributed by atoms with Gasteiger partial charge in [0.1, 0.15) is 0 Å². The van der Waals surface area contributed by atoms with Crippen LogP contribution in [0.25, 0.3) is 0 Å². The number of rotatable bonds is 8. The minimum atomic E-state index is -0.0949. The quantitative estimate of drug-likeness (QED) is 0.505. The van der Waals surface area contributed by atoms with Crippen molar-refractivity contribution in [3.8, 4) is 0 Å². The predicted octanol–water partition coefficient (Wildman–Crippen LogP) is 5.00. The molecule has 2 N–H and O–H groups in total. The summed E-state index contributed by atoms with van der Waals surface area (Å²) in [7, 11) is 0. The first-order chi connectivity index (χ1) is 16.7. The van der Waals surface area contributed by atoms with E-state index in [4.69, 9.17) is 0 Å². The normalized spacial score (nSPS) is 19.0. The molecular weight excluding hydrogens is 422 g/mol. The fourth-order valence-electron chi connectivity index (χ4n) is 4.88. The number of hydrogen-bond acceptors (Lipinski definition) is 3. The van der Waals surface area contributed by atoms with Crippen molar-refractivity contribution in [2.24, 2.45) is 5.92 Å². The molecule has 1 heterocycles. The predicted molar refractivity (Wildman–Crippen MR) is 136 cm³/mol. The van der Waals surface area contributed by atoms with Crippen LogP contribution in [0.1, 0.15) is 46.7 Å². The Balaban J connectivity index is 1.27. The van der Waals surface area contributed by atoms with Gasteiger partial charge in [0, 0.05) is 36.9 Å². The molecule has 0 bridgehead atoms. The lowest BCUT2D eigenvalue weighted by Gasteiger charge is -2.22. The molecular formula is C29H31N3O2. The lowest BCUT2D eigenvalue weighted by atomic mass is 10.1. The maximum Gasteiger partial charge on any atom is 0.253 e. The topological polar surface area (TPSA) is 61.4 Å². The average Bonchev–Trinajstić information content (AvgIpc) is 3.50. The van der Waals surface area contributed by atoms with Crippen molar-refractivity contribution in [2.75, 3.05) is 29.9 Å². The van der Waals surface area contributed by atoms with Gasteiger partial charge in [0.2, 0.25) is 5.91 Å². The number of benzene rings is 3. The lowest BCUT2D eigenvalue weighted by molar-refractivity contribution is -0.117. The first-order valence-electron chi connectivity index (χ1n) is 12.3. The molecule has 0 aromatic heterocycles. The van der Waals surface area contributed by atoms with Gasteiger partial charge < -0.3 is 15.5 Å². The molecule has 2 atom stereocenters. The average molecular weight is 454 g/mol. The van der Waals surface area contributed by atoms with E-state index in [1.807, 2.05) is 54.6 Å². The first-order valence-corrected chi connectivity index (χ1v) is 12.3. The minimum absolute atomic E-state index is 0.0104. The van der Waals surface area contributed by atoms with Gasteiger partial charge in [-0.3, -0.25) is 9.59 Å². The molecule has 0 radical (unpaired) electrons. The molecule has 0 spiro atoms. The highest BCUT2D eigenvalue weighted by molar-refractivity contribution is 6.02. The zero-order valence-corrected chi connectivity index (χ0v) is 19.4. The molecule has 34 heavy (non-hydrogen) atoms. The van der Waals surface area contributed by atoms with Gasteiger partial charge in [-0.2, -0.15) is 0 Å². The molecule has 2 fully saturated rings. The van der Waals surface area contributed by atoms with Crippen LogP contribution in [-0.2, 0) is 11.2 Å². The lowest BCUT2D eigenvalue weighted by Crippen LogP contribution is -2.29. The van der Waals surface area contributed by atoms with Crippen molar-refractivity contribution in [1.29, 1.82) is 0 Å². The second kappa shape index (κ2) is 10.1. The van der Waals surface area contributed by atoms with Crippen LogP contribution in [0.15, 0.2) is 78.9 Å². The van der Waals surface area contributed by atoms with Gasteiger partial charge in [-0.25, -0.2) is 0 Å². The van der Waals surface area contributed by atoms with Crippen molar-refractivity contribution in [3.05, 3.63) is 95.6 Å². The molecule has 3 aromatic carbocycles. The smallest absolute Gasteiger partial charge is 0.253 e. The van der Waals surface area contributed by atoms with Gasteiger partial charge in [0.15, 0.2) is 0 Å². The van der Waals surface area contributed by atoms with E-state index in [1.165, 1.54) is 11.1 Å². The number of hydrogen-bond donors (Lipinski definition) is 2. The summed E-state index contributed by atoms with van der Waals surface area (Å²) in [6.07, 6.45) is 3.92. The van der Waals surface area contributed by atoms with Gasteiger partial charge in [-0.1, -0.05) is 60.7 Å². The van der Waals surface area contributed by atoms with Crippen molar-refractivity contribution in [1.82, 2.24) is 5.32 Å². The highest BCUT2D eigenvalue weighted by Gasteiger charge is 2.43. The summed E-state index contributed by atoms with van der Waals surface area (Å²) < 4.78 is 0. The zero-order valence-electron chi connectivity index (χ0n) is 19.4. The summed E-state index contributed by atoms with van der Waals surface area (Å²) in [6.45, 7) is 2.48. The number of anilines is 2. The van der Waals surface area contributed by atoms with Crippen molar-refractivity contribution >= 4 is 23.2 Å². The minimum Gasteiger partial charge on any atom is -0.371 e. The summed E-state index contributed by atoms with van der Waals surface area (Å²) in [6, 6.07) is 26.1. The van der Waals surface area contributed by atoms with Crippen LogP contribution in [-0.4, -0.2) is 31.4 Å². The Kier molecular flexibility index (Phi) is 6.61. The molecule has 2 aliphatic rings. The standard InChI is InChI=1S/C29H31N3O2/c33-28(30-16-15-21-9-3-1-4-10-21)26-19-23(13-14-27(26)32-17-7-8-18-32)31-29(34)25-20-24(25)22-11-5-2-6-12-22/h1-6,9-14,19,24-25H,7-8,15-18,20H2,(H,30,33)(H,31,34). The fraction of sp³-hybridized carbons (Fsp3) is 0.310.